The molecule has 0 atom stereocenters. The van der Waals surface area contributed by atoms with Gasteiger partial charge in [0.25, 0.3) is 5.91 Å². The summed E-state index contributed by atoms with van der Waals surface area (Å²) in [4.78, 5) is 23.9. The van der Waals surface area contributed by atoms with E-state index in [1.807, 2.05) is 61.3 Å². The maximum atomic E-state index is 12.5. The van der Waals surface area contributed by atoms with E-state index in [4.69, 9.17) is 4.74 Å². The number of nitrogens with zero attached hydrogens (tertiary/aromatic N) is 3. The van der Waals surface area contributed by atoms with E-state index < -0.39 is 0 Å². The van der Waals surface area contributed by atoms with E-state index >= 15 is 0 Å². The summed E-state index contributed by atoms with van der Waals surface area (Å²) >= 11 is 3.44. The number of benzene rings is 1. The lowest BCUT2D eigenvalue weighted by molar-refractivity contribution is 0.0946. The summed E-state index contributed by atoms with van der Waals surface area (Å²) in [6.45, 7) is 5.06. The van der Waals surface area contributed by atoms with E-state index in [0.717, 1.165) is 52.3 Å². The Balaban J connectivity index is 1.37. The Bertz CT molecular complexity index is 985. The van der Waals surface area contributed by atoms with Crippen molar-refractivity contribution in [1.82, 2.24) is 15.3 Å². The highest BCUT2D eigenvalue weighted by atomic mass is 32.2. The van der Waals surface area contributed by atoms with Gasteiger partial charge in [0, 0.05) is 48.3 Å². The van der Waals surface area contributed by atoms with Gasteiger partial charge in [0.05, 0.1) is 6.61 Å². The molecule has 1 N–H and O–H groups in total. The number of hydrogen-bond acceptors (Lipinski definition) is 7. The SMILES string of the molecule is CCOc1cccc(CNC(=O)c2csc(-c3ccc(N4CCSCC4)nc3)n2)c1. The highest BCUT2D eigenvalue weighted by Gasteiger charge is 2.15. The van der Waals surface area contributed by atoms with Crippen LogP contribution in [-0.4, -0.2) is 47.1 Å². The van der Waals surface area contributed by atoms with Crippen molar-refractivity contribution in [2.75, 3.05) is 36.1 Å². The fourth-order valence-electron chi connectivity index (χ4n) is 3.19. The van der Waals surface area contributed by atoms with E-state index in [0.29, 0.717) is 18.8 Å². The van der Waals surface area contributed by atoms with Crippen molar-refractivity contribution in [3.63, 3.8) is 0 Å². The number of thioether (sulfide) groups is 1. The lowest BCUT2D eigenvalue weighted by Crippen LogP contribution is -2.32. The Labute approximate surface area is 184 Å². The molecule has 3 heterocycles. The van der Waals surface area contributed by atoms with Crippen LogP contribution in [0.15, 0.2) is 48.0 Å². The number of thiazole rings is 1. The number of ether oxygens (including phenoxy) is 1. The molecule has 156 valence electrons. The molecule has 1 aromatic carbocycles. The molecule has 3 aromatic rings. The predicted octanol–water partition coefficient (Wildman–Crippen LogP) is 4.09. The Hall–Kier alpha value is -2.58. The summed E-state index contributed by atoms with van der Waals surface area (Å²) in [6, 6.07) is 11.8. The molecule has 1 fully saturated rings. The Morgan fingerprint density at radius 3 is 2.87 bits per heavy atom. The van der Waals surface area contributed by atoms with Crippen LogP contribution in [0.2, 0.25) is 0 Å². The second-order valence-corrected chi connectivity index (χ2v) is 8.89. The minimum absolute atomic E-state index is 0.185. The molecule has 0 unspecified atom stereocenters. The minimum atomic E-state index is -0.185. The quantitative estimate of drug-likeness (QED) is 0.597. The maximum Gasteiger partial charge on any atom is 0.271 e. The van der Waals surface area contributed by atoms with Gasteiger partial charge in [-0.1, -0.05) is 12.1 Å². The molecule has 0 saturated carbocycles. The molecule has 8 heteroatoms. The molecule has 1 saturated heterocycles. The Morgan fingerprint density at radius 1 is 1.23 bits per heavy atom. The van der Waals surface area contributed by atoms with Gasteiger partial charge in [-0.05, 0) is 36.8 Å². The van der Waals surface area contributed by atoms with Crippen LogP contribution in [0.1, 0.15) is 23.0 Å². The fraction of sp³-hybridized carbons (Fsp3) is 0.318. The zero-order valence-electron chi connectivity index (χ0n) is 16.8. The van der Waals surface area contributed by atoms with Crippen LogP contribution in [0.4, 0.5) is 5.82 Å². The van der Waals surface area contributed by atoms with Crippen LogP contribution >= 0.6 is 23.1 Å². The number of carbonyl (C=O) groups is 1. The maximum absolute atomic E-state index is 12.5. The van der Waals surface area contributed by atoms with E-state index in [1.54, 1.807) is 5.38 Å². The topological polar surface area (TPSA) is 67.3 Å². The van der Waals surface area contributed by atoms with Gasteiger partial charge in [-0.2, -0.15) is 11.8 Å². The summed E-state index contributed by atoms with van der Waals surface area (Å²) in [6.07, 6.45) is 1.84. The summed E-state index contributed by atoms with van der Waals surface area (Å²) in [5, 5.41) is 5.51. The molecule has 1 aliphatic heterocycles. The zero-order valence-corrected chi connectivity index (χ0v) is 18.5. The molecule has 30 heavy (non-hydrogen) atoms. The van der Waals surface area contributed by atoms with Gasteiger partial charge < -0.3 is 15.0 Å². The molecule has 2 aromatic heterocycles. The summed E-state index contributed by atoms with van der Waals surface area (Å²) in [5.41, 5.74) is 2.34. The second-order valence-electron chi connectivity index (χ2n) is 6.81. The molecule has 6 nitrogen and oxygen atoms in total. The molecule has 0 aliphatic carbocycles. The van der Waals surface area contributed by atoms with Gasteiger partial charge in [-0.15, -0.1) is 11.3 Å². The van der Waals surface area contributed by atoms with Crippen molar-refractivity contribution < 1.29 is 9.53 Å². The first kappa shape index (κ1) is 20.7. The highest BCUT2D eigenvalue weighted by Crippen LogP contribution is 2.25. The Morgan fingerprint density at radius 2 is 2.10 bits per heavy atom. The Kier molecular flexibility index (Phi) is 6.86. The van der Waals surface area contributed by atoms with Crippen LogP contribution in [0.5, 0.6) is 5.75 Å². The number of nitrogens with one attached hydrogen (secondary N) is 1. The number of amides is 1. The van der Waals surface area contributed by atoms with Gasteiger partial charge in [0.1, 0.15) is 22.3 Å². The third kappa shape index (κ3) is 5.12. The number of anilines is 1. The first-order valence-corrected chi connectivity index (χ1v) is 12.0. The summed E-state index contributed by atoms with van der Waals surface area (Å²) in [7, 11) is 0. The molecule has 1 aliphatic rings. The molecular formula is C22H24N4O2S2. The van der Waals surface area contributed by atoms with Crippen LogP contribution < -0.4 is 15.0 Å². The van der Waals surface area contributed by atoms with Crippen molar-refractivity contribution >= 4 is 34.8 Å². The van der Waals surface area contributed by atoms with Crippen molar-refractivity contribution in [2.24, 2.45) is 0 Å². The van der Waals surface area contributed by atoms with Crippen LogP contribution in [-0.2, 0) is 6.54 Å². The number of pyridine rings is 1. The molecule has 0 bridgehead atoms. The first-order chi connectivity index (χ1) is 14.7. The van der Waals surface area contributed by atoms with Gasteiger partial charge in [0.2, 0.25) is 0 Å². The third-order valence-electron chi connectivity index (χ3n) is 4.73. The average Bonchev–Trinajstić information content (AvgIpc) is 3.29. The number of hydrogen-bond donors (Lipinski definition) is 1. The van der Waals surface area contributed by atoms with Crippen molar-refractivity contribution in [1.29, 1.82) is 0 Å². The monoisotopic (exact) mass is 440 g/mol. The molecule has 4 rings (SSSR count). The number of rotatable bonds is 7. The van der Waals surface area contributed by atoms with Crippen LogP contribution in [0, 0.1) is 0 Å². The van der Waals surface area contributed by atoms with Gasteiger partial charge in [-0.25, -0.2) is 9.97 Å². The lowest BCUT2D eigenvalue weighted by atomic mass is 10.2. The molecule has 0 radical (unpaired) electrons. The number of carbonyl (C=O) groups excluding carboxylic acids is 1. The third-order valence-corrected chi connectivity index (χ3v) is 6.56. The molecular weight excluding hydrogens is 416 g/mol. The standard InChI is InChI=1S/C22H24N4O2S2/c1-2-28-18-5-3-4-16(12-18)13-24-21(27)19-15-30-22(25-19)17-6-7-20(23-14-17)26-8-10-29-11-9-26/h3-7,12,14-15H,2,8-11,13H2,1H3,(H,24,27). The minimum Gasteiger partial charge on any atom is -0.494 e. The zero-order chi connectivity index (χ0) is 20.8. The van der Waals surface area contributed by atoms with Crippen molar-refractivity contribution in [2.45, 2.75) is 13.5 Å². The van der Waals surface area contributed by atoms with Crippen molar-refractivity contribution in [3.05, 3.63) is 59.2 Å². The van der Waals surface area contributed by atoms with E-state index in [1.165, 1.54) is 11.3 Å². The summed E-state index contributed by atoms with van der Waals surface area (Å²) < 4.78 is 5.50. The smallest absolute Gasteiger partial charge is 0.271 e. The van der Waals surface area contributed by atoms with E-state index in [9.17, 15) is 4.79 Å². The second kappa shape index (κ2) is 9.95. The first-order valence-electron chi connectivity index (χ1n) is 9.97. The van der Waals surface area contributed by atoms with Crippen molar-refractivity contribution in [3.8, 4) is 16.3 Å². The summed E-state index contributed by atoms with van der Waals surface area (Å²) in [5.74, 6) is 3.91. The van der Waals surface area contributed by atoms with E-state index in [-0.39, 0.29) is 5.91 Å². The van der Waals surface area contributed by atoms with Gasteiger partial charge >= 0.3 is 0 Å². The van der Waals surface area contributed by atoms with Gasteiger partial charge in [0.15, 0.2) is 0 Å². The predicted molar refractivity (Wildman–Crippen MR) is 124 cm³/mol. The normalized spacial score (nSPS) is 13.8. The lowest BCUT2D eigenvalue weighted by Gasteiger charge is -2.27. The van der Waals surface area contributed by atoms with Crippen LogP contribution in [0.25, 0.3) is 10.6 Å². The largest absolute Gasteiger partial charge is 0.494 e. The number of aromatic nitrogens is 2. The molecule has 0 spiro atoms. The average molecular weight is 441 g/mol. The molecule has 1 amide bonds. The fourth-order valence-corrected chi connectivity index (χ4v) is 4.88. The van der Waals surface area contributed by atoms with E-state index in [2.05, 4.69) is 20.2 Å². The highest BCUT2D eigenvalue weighted by molar-refractivity contribution is 7.99. The van der Waals surface area contributed by atoms with Gasteiger partial charge in [-0.3, -0.25) is 4.79 Å². The van der Waals surface area contributed by atoms with Crippen LogP contribution in [0.3, 0.4) is 0 Å².